The number of rotatable bonds is 4. The maximum absolute atomic E-state index is 11.8. The van der Waals surface area contributed by atoms with Crippen molar-refractivity contribution in [3.63, 3.8) is 0 Å². The first-order valence-electron chi connectivity index (χ1n) is 7.60. The molecule has 118 valence electrons. The third-order valence-corrected chi connectivity index (χ3v) is 6.14. The lowest BCUT2D eigenvalue weighted by Crippen LogP contribution is -2.33. The van der Waals surface area contributed by atoms with Gasteiger partial charge in [0.25, 0.3) is 0 Å². The van der Waals surface area contributed by atoms with Crippen LogP contribution in [-0.4, -0.2) is 30.1 Å². The summed E-state index contributed by atoms with van der Waals surface area (Å²) in [5.74, 6) is 0.201. The van der Waals surface area contributed by atoms with Gasteiger partial charge in [-0.25, -0.2) is 8.42 Å². The molecule has 1 heterocycles. The van der Waals surface area contributed by atoms with Crippen molar-refractivity contribution in [3.8, 4) is 0 Å². The Morgan fingerprint density at radius 1 is 1.38 bits per heavy atom. The Morgan fingerprint density at radius 2 is 2.10 bits per heavy atom. The zero-order chi connectivity index (χ0) is 15.6. The van der Waals surface area contributed by atoms with Crippen LogP contribution in [0.3, 0.4) is 0 Å². The Hall–Kier alpha value is -1.01. The minimum absolute atomic E-state index is 0.154. The predicted octanol–water partition coefficient (Wildman–Crippen LogP) is 1.95. The molecule has 0 amide bonds. The number of sulfone groups is 1. The normalized spacial score (nSPS) is 24.8. The topological polar surface area (TPSA) is 85.9 Å². The van der Waals surface area contributed by atoms with Gasteiger partial charge in [-0.15, -0.1) is 0 Å². The van der Waals surface area contributed by atoms with E-state index in [-0.39, 0.29) is 17.2 Å². The number of aromatic nitrogens is 2. The van der Waals surface area contributed by atoms with Crippen molar-refractivity contribution < 1.29 is 8.42 Å². The molecule has 1 saturated carbocycles. The van der Waals surface area contributed by atoms with Crippen LogP contribution >= 0.6 is 0 Å². The Morgan fingerprint density at radius 3 is 2.71 bits per heavy atom. The SMILES string of the molecule is CCc1nnc(C)cc1C(N)C1CCCC(S(C)(=O)=O)C1. The smallest absolute Gasteiger partial charge is 0.150 e. The van der Waals surface area contributed by atoms with Gasteiger partial charge >= 0.3 is 0 Å². The quantitative estimate of drug-likeness (QED) is 0.918. The maximum Gasteiger partial charge on any atom is 0.150 e. The predicted molar refractivity (Wildman–Crippen MR) is 83.7 cm³/mol. The highest BCUT2D eigenvalue weighted by atomic mass is 32.2. The Balaban J connectivity index is 2.23. The molecular formula is C15H25N3O2S. The van der Waals surface area contributed by atoms with Crippen molar-refractivity contribution in [3.05, 3.63) is 23.0 Å². The molecule has 0 radical (unpaired) electrons. The van der Waals surface area contributed by atoms with E-state index in [9.17, 15) is 8.42 Å². The lowest BCUT2D eigenvalue weighted by molar-refractivity contribution is 0.307. The molecule has 0 bridgehead atoms. The highest BCUT2D eigenvalue weighted by Crippen LogP contribution is 2.36. The van der Waals surface area contributed by atoms with Crippen LogP contribution in [0.15, 0.2) is 6.07 Å². The van der Waals surface area contributed by atoms with E-state index in [4.69, 9.17) is 5.73 Å². The molecule has 21 heavy (non-hydrogen) atoms. The molecule has 0 spiro atoms. The molecule has 1 aromatic heterocycles. The number of nitrogens with zero attached hydrogens (tertiary/aromatic N) is 2. The van der Waals surface area contributed by atoms with Gasteiger partial charge in [-0.1, -0.05) is 13.3 Å². The number of nitrogens with two attached hydrogens (primary N) is 1. The minimum Gasteiger partial charge on any atom is -0.324 e. The average molecular weight is 311 g/mol. The van der Waals surface area contributed by atoms with Crippen molar-refractivity contribution in [1.82, 2.24) is 10.2 Å². The van der Waals surface area contributed by atoms with Crippen LogP contribution in [-0.2, 0) is 16.3 Å². The number of hydrogen-bond acceptors (Lipinski definition) is 5. The van der Waals surface area contributed by atoms with E-state index >= 15 is 0 Å². The highest BCUT2D eigenvalue weighted by Gasteiger charge is 2.33. The van der Waals surface area contributed by atoms with Crippen LogP contribution in [0.25, 0.3) is 0 Å². The maximum atomic E-state index is 11.8. The molecule has 2 N–H and O–H groups in total. The number of hydrogen-bond donors (Lipinski definition) is 1. The van der Waals surface area contributed by atoms with E-state index in [2.05, 4.69) is 10.2 Å². The van der Waals surface area contributed by atoms with Crippen LogP contribution < -0.4 is 5.73 Å². The molecule has 1 aliphatic carbocycles. The second-order valence-corrected chi connectivity index (χ2v) is 8.47. The lowest BCUT2D eigenvalue weighted by Gasteiger charge is -2.32. The Kier molecular flexibility index (Phi) is 4.99. The second-order valence-electron chi connectivity index (χ2n) is 6.15. The van der Waals surface area contributed by atoms with Crippen LogP contribution in [0.1, 0.15) is 55.6 Å². The van der Waals surface area contributed by atoms with Gasteiger partial charge < -0.3 is 5.73 Å². The fraction of sp³-hybridized carbons (Fsp3) is 0.733. The molecule has 2 rings (SSSR count). The third-order valence-electron chi connectivity index (χ3n) is 4.50. The van der Waals surface area contributed by atoms with Gasteiger partial charge in [-0.05, 0) is 50.2 Å². The largest absolute Gasteiger partial charge is 0.324 e. The first-order chi connectivity index (χ1) is 9.82. The van der Waals surface area contributed by atoms with Crippen molar-refractivity contribution in [2.45, 2.75) is 57.2 Å². The molecule has 1 aromatic rings. The lowest BCUT2D eigenvalue weighted by atomic mass is 9.80. The van der Waals surface area contributed by atoms with Crippen LogP contribution in [0.5, 0.6) is 0 Å². The van der Waals surface area contributed by atoms with Crippen molar-refractivity contribution in [1.29, 1.82) is 0 Å². The van der Waals surface area contributed by atoms with Gasteiger partial charge in [0.15, 0.2) is 0 Å². The van der Waals surface area contributed by atoms with Gasteiger partial charge in [-0.2, -0.15) is 10.2 Å². The first kappa shape index (κ1) is 16.4. The summed E-state index contributed by atoms with van der Waals surface area (Å²) in [4.78, 5) is 0. The fourth-order valence-corrected chi connectivity index (χ4v) is 4.44. The summed E-state index contributed by atoms with van der Waals surface area (Å²) in [7, 11) is -2.98. The molecule has 5 nitrogen and oxygen atoms in total. The van der Waals surface area contributed by atoms with Gasteiger partial charge in [-0.3, -0.25) is 0 Å². The van der Waals surface area contributed by atoms with Gasteiger partial charge in [0.05, 0.1) is 16.6 Å². The van der Waals surface area contributed by atoms with Crippen LogP contribution in [0, 0.1) is 12.8 Å². The molecule has 1 fully saturated rings. The van der Waals surface area contributed by atoms with Crippen molar-refractivity contribution in [2.75, 3.05) is 6.26 Å². The Labute approximate surface area is 127 Å². The van der Waals surface area contributed by atoms with E-state index in [1.54, 1.807) is 0 Å². The molecule has 3 unspecified atom stereocenters. The minimum atomic E-state index is -2.98. The summed E-state index contributed by atoms with van der Waals surface area (Å²) < 4.78 is 23.6. The van der Waals surface area contributed by atoms with E-state index in [0.29, 0.717) is 6.42 Å². The van der Waals surface area contributed by atoms with Crippen molar-refractivity contribution in [2.24, 2.45) is 11.7 Å². The van der Waals surface area contributed by atoms with Gasteiger partial charge in [0, 0.05) is 12.3 Å². The molecule has 0 aliphatic heterocycles. The summed E-state index contributed by atoms with van der Waals surface area (Å²) in [6, 6.07) is 1.85. The van der Waals surface area contributed by atoms with E-state index in [1.807, 2.05) is 19.9 Å². The summed E-state index contributed by atoms with van der Waals surface area (Å²) in [5, 5.41) is 8.08. The third kappa shape index (κ3) is 3.80. The van der Waals surface area contributed by atoms with Gasteiger partial charge in [0.1, 0.15) is 9.84 Å². The average Bonchev–Trinajstić information content (AvgIpc) is 2.45. The van der Waals surface area contributed by atoms with E-state index in [1.165, 1.54) is 6.26 Å². The molecule has 6 heteroatoms. The summed E-state index contributed by atoms with van der Waals surface area (Å²) in [6.07, 6.45) is 5.45. The van der Waals surface area contributed by atoms with Crippen LogP contribution in [0.4, 0.5) is 0 Å². The monoisotopic (exact) mass is 311 g/mol. The fourth-order valence-electron chi connectivity index (χ4n) is 3.25. The zero-order valence-corrected chi connectivity index (χ0v) is 13.9. The summed E-state index contributed by atoms with van der Waals surface area (Å²) in [5.41, 5.74) is 9.27. The molecule has 0 aromatic carbocycles. The molecular weight excluding hydrogens is 286 g/mol. The van der Waals surface area contributed by atoms with Crippen molar-refractivity contribution >= 4 is 9.84 Å². The first-order valence-corrected chi connectivity index (χ1v) is 9.56. The summed E-state index contributed by atoms with van der Waals surface area (Å²) >= 11 is 0. The van der Waals surface area contributed by atoms with Crippen LogP contribution in [0.2, 0.25) is 0 Å². The summed E-state index contributed by atoms with van der Waals surface area (Å²) in [6.45, 7) is 3.94. The Bertz CT molecular complexity index is 601. The molecule has 0 saturated heterocycles. The highest BCUT2D eigenvalue weighted by molar-refractivity contribution is 7.91. The molecule has 3 atom stereocenters. The number of aryl methyl sites for hydroxylation is 2. The van der Waals surface area contributed by atoms with E-state index < -0.39 is 9.84 Å². The van der Waals surface area contributed by atoms with E-state index in [0.717, 1.165) is 42.6 Å². The zero-order valence-electron chi connectivity index (χ0n) is 13.0. The standard InChI is InChI=1S/C15H25N3O2S/c1-4-14-13(8-10(2)17-18-14)15(16)11-6-5-7-12(9-11)21(3,19)20/h8,11-12,15H,4-7,9,16H2,1-3H3. The molecule has 1 aliphatic rings. The van der Waals surface area contributed by atoms with Gasteiger partial charge in [0.2, 0.25) is 0 Å². The second kappa shape index (κ2) is 6.40.